The number of benzene rings is 1. The van der Waals surface area contributed by atoms with Crippen LogP contribution in [0.5, 0.6) is 0 Å². The fourth-order valence-electron chi connectivity index (χ4n) is 2.29. The number of ether oxygens (including phenoxy) is 1. The largest absolute Gasteiger partial charge is 0.461 e. The average molecular weight is 416 g/mol. The number of hydrogen-bond donors (Lipinski definition) is 1. The number of hydrogen-bond acceptors (Lipinski definition) is 9. The minimum atomic E-state index is -0.518. The van der Waals surface area contributed by atoms with E-state index in [0.717, 1.165) is 11.8 Å². The maximum Gasteiger partial charge on any atom is 0.358 e. The third-order valence-corrected chi connectivity index (χ3v) is 5.37. The second-order valence-electron chi connectivity index (χ2n) is 5.51. The van der Waals surface area contributed by atoms with Crippen LogP contribution in [0.25, 0.3) is 0 Å². The van der Waals surface area contributed by atoms with Crippen LogP contribution in [0.15, 0.2) is 40.4 Å². The van der Waals surface area contributed by atoms with Gasteiger partial charge in [-0.15, -0.1) is 0 Å². The second-order valence-corrected chi connectivity index (χ2v) is 7.68. The number of carbonyl (C=O) groups is 3. The van der Waals surface area contributed by atoms with Gasteiger partial charge in [-0.3, -0.25) is 15.0 Å². The molecule has 0 saturated carbocycles. The van der Waals surface area contributed by atoms with Gasteiger partial charge in [0.1, 0.15) is 5.04 Å². The van der Waals surface area contributed by atoms with Crippen molar-refractivity contribution in [1.82, 2.24) is 4.98 Å². The van der Waals surface area contributed by atoms with Gasteiger partial charge in [-0.2, -0.15) is 5.10 Å². The Morgan fingerprint density at radius 1 is 1.29 bits per heavy atom. The van der Waals surface area contributed by atoms with Gasteiger partial charge in [-0.25, -0.2) is 14.8 Å². The molecule has 8 nitrogen and oxygen atoms in total. The summed E-state index contributed by atoms with van der Waals surface area (Å²) >= 11 is 2.36. The highest BCUT2D eigenvalue weighted by atomic mass is 32.2. The van der Waals surface area contributed by atoms with Crippen molar-refractivity contribution in [3.8, 4) is 0 Å². The lowest BCUT2D eigenvalue weighted by molar-refractivity contribution is -0.115. The minimum absolute atomic E-state index is 0.0209. The third kappa shape index (κ3) is 4.52. The average Bonchev–Trinajstić information content (AvgIpc) is 3.28. The van der Waals surface area contributed by atoms with Gasteiger partial charge < -0.3 is 4.74 Å². The minimum Gasteiger partial charge on any atom is -0.461 e. The molecule has 0 fully saturated rings. The number of ketones is 1. The first-order valence-corrected chi connectivity index (χ1v) is 10.1. The fourth-order valence-corrected chi connectivity index (χ4v) is 3.80. The van der Waals surface area contributed by atoms with E-state index in [1.807, 2.05) is 0 Å². The molecule has 1 aliphatic rings. The first-order chi connectivity index (χ1) is 13.5. The standard InChI is InChI=1S/C18H16N4O4S2/c1-3-26-17(25)13-10(2)28-18(20-13)22-21-14(16-19-12(23)9-27-16)15(24)11-7-5-4-6-8-11/h4-8H,3,9H2,1-2H3,(H,20,22)/b21-14-. The Labute approximate surface area is 169 Å². The molecular weight excluding hydrogens is 400 g/mol. The number of thioether (sulfide) groups is 1. The van der Waals surface area contributed by atoms with Crippen molar-refractivity contribution in [1.29, 1.82) is 0 Å². The molecule has 0 radical (unpaired) electrons. The van der Waals surface area contributed by atoms with Crippen LogP contribution in [0.4, 0.5) is 5.13 Å². The highest BCUT2D eigenvalue weighted by molar-refractivity contribution is 8.17. The lowest BCUT2D eigenvalue weighted by Gasteiger charge is -2.05. The number of amides is 1. The Bertz CT molecular complexity index is 983. The molecule has 0 saturated heterocycles. The number of aromatic nitrogens is 1. The monoisotopic (exact) mass is 416 g/mol. The predicted octanol–water partition coefficient (Wildman–Crippen LogP) is 2.95. The first-order valence-electron chi connectivity index (χ1n) is 8.32. The van der Waals surface area contributed by atoms with E-state index in [4.69, 9.17) is 4.74 Å². The van der Waals surface area contributed by atoms with E-state index in [-0.39, 0.29) is 40.5 Å². The number of nitrogens with zero attached hydrogens (tertiary/aromatic N) is 3. The summed E-state index contributed by atoms with van der Waals surface area (Å²) in [5.74, 6) is -1.04. The second kappa shape index (κ2) is 8.89. The van der Waals surface area contributed by atoms with Gasteiger partial charge in [0.05, 0.1) is 12.4 Å². The van der Waals surface area contributed by atoms with E-state index in [9.17, 15) is 14.4 Å². The molecule has 10 heteroatoms. The smallest absolute Gasteiger partial charge is 0.358 e. The summed E-state index contributed by atoms with van der Waals surface area (Å²) in [5.41, 5.74) is 3.35. The first kappa shape index (κ1) is 19.9. The zero-order valence-electron chi connectivity index (χ0n) is 15.1. The fraction of sp³-hybridized carbons (Fsp3) is 0.222. The van der Waals surface area contributed by atoms with Crippen LogP contribution in [-0.4, -0.2) is 45.8 Å². The van der Waals surface area contributed by atoms with Crippen LogP contribution in [0.3, 0.4) is 0 Å². The number of rotatable bonds is 7. The summed E-state index contributed by atoms with van der Waals surface area (Å²) in [6.07, 6.45) is 0. The van der Waals surface area contributed by atoms with Crippen molar-refractivity contribution < 1.29 is 19.1 Å². The lowest BCUT2D eigenvalue weighted by atomic mass is 10.1. The summed E-state index contributed by atoms with van der Waals surface area (Å²) in [6, 6.07) is 8.59. The van der Waals surface area contributed by atoms with Gasteiger partial charge in [-0.1, -0.05) is 53.4 Å². The predicted molar refractivity (Wildman–Crippen MR) is 110 cm³/mol. The van der Waals surface area contributed by atoms with Crippen molar-refractivity contribution in [3.05, 3.63) is 46.5 Å². The normalized spacial score (nSPS) is 14.0. The summed E-state index contributed by atoms with van der Waals surface area (Å²) in [6.45, 7) is 3.70. The Kier molecular flexibility index (Phi) is 6.32. The molecule has 0 unspecified atom stereocenters. The van der Waals surface area contributed by atoms with Crippen LogP contribution in [0, 0.1) is 6.92 Å². The lowest BCUT2D eigenvalue weighted by Crippen LogP contribution is -2.23. The van der Waals surface area contributed by atoms with E-state index in [1.54, 1.807) is 44.2 Å². The molecule has 1 amide bonds. The number of hydrazone groups is 1. The Morgan fingerprint density at radius 3 is 2.68 bits per heavy atom. The molecule has 0 atom stereocenters. The van der Waals surface area contributed by atoms with E-state index in [0.29, 0.717) is 15.6 Å². The molecule has 3 rings (SSSR count). The summed E-state index contributed by atoms with van der Waals surface area (Å²) in [7, 11) is 0. The van der Waals surface area contributed by atoms with Crippen molar-refractivity contribution in [2.45, 2.75) is 13.8 Å². The van der Waals surface area contributed by atoms with Gasteiger partial charge in [0.15, 0.2) is 11.4 Å². The van der Waals surface area contributed by atoms with E-state index >= 15 is 0 Å². The van der Waals surface area contributed by atoms with Crippen molar-refractivity contribution >= 4 is 56.6 Å². The van der Waals surface area contributed by atoms with Gasteiger partial charge in [0, 0.05) is 10.4 Å². The number of Topliss-reactive ketones (excluding diaryl/α,β-unsaturated/α-hetero) is 1. The number of aryl methyl sites for hydroxylation is 1. The highest BCUT2D eigenvalue weighted by Crippen LogP contribution is 2.23. The molecule has 2 aromatic rings. The molecule has 144 valence electrons. The Morgan fingerprint density at radius 2 is 2.04 bits per heavy atom. The molecule has 0 bridgehead atoms. The molecule has 1 N–H and O–H groups in total. The van der Waals surface area contributed by atoms with E-state index < -0.39 is 5.97 Å². The van der Waals surface area contributed by atoms with Crippen LogP contribution < -0.4 is 5.43 Å². The molecule has 2 heterocycles. The van der Waals surface area contributed by atoms with Crippen LogP contribution in [0.1, 0.15) is 32.6 Å². The van der Waals surface area contributed by atoms with Gasteiger partial charge in [0.2, 0.25) is 10.9 Å². The highest BCUT2D eigenvalue weighted by Gasteiger charge is 2.26. The summed E-state index contributed by atoms with van der Waals surface area (Å²) < 4.78 is 4.96. The number of thiazole rings is 1. The molecule has 1 aromatic carbocycles. The molecular formula is C18H16N4O4S2. The van der Waals surface area contributed by atoms with Gasteiger partial charge in [-0.05, 0) is 13.8 Å². The van der Waals surface area contributed by atoms with E-state index in [2.05, 4.69) is 20.5 Å². The molecule has 0 spiro atoms. The quantitative estimate of drug-likeness (QED) is 0.320. The van der Waals surface area contributed by atoms with Gasteiger partial charge >= 0.3 is 5.97 Å². The summed E-state index contributed by atoms with van der Waals surface area (Å²) in [4.78, 5) is 45.0. The maximum atomic E-state index is 12.9. The van der Waals surface area contributed by atoms with Crippen molar-refractivity contribution in [3.63, 3.8) is 0 Å². The van der Waals surface area contributed by atoms with Crippen molar-refractivity contribution in [2.24, 2.45) is 10.1 Å². The summed E-state index contributed by atoms with van der Waals surface area (Å²) in [5, 5.41) is 4.74. The molecule has 28 heavy (non-hydrogen) atoms. The Hall–Kier alpha value is -2.85. The van der Waals surface area contributed by atoms with Crippen molar-refractivity contribution in [2.75, 3.05) is 17.8 Å². The topological polar surface area (TPSA) is 110 Å². The van der Waals surface area contributed by atoms with Crippen LogP contribution in [-0.2, 0) is 9.53 Å². The number of nitrogens with one attached hydrogen (secondary N) is 1. The third-order valence-electron chi connectivity index (χ3n) is 3.54. The number of aliphatic imine (C=N–C) groups is 1. The maximum absolute atomic E-state index is 12.9. The molecule has 1 aromatic heterocycles. The SMILES string of the molecule is CCOC(=O)c1nc(N/N=C(/C(=O)c2ccccc2)C2=NC(=O)CS2)sc1C. The van der Waals surface area contributed by atoms with Crippen LogP contribution in [0.2, 0.25) is 0 Å². The zero-order chi connectivity index (χ0) is 20.1. The number of carbonyl (C=O) groups excluding carboxylic acids is 3. The molecule has 0 aliphatic carbocycles. The van der Waals surface area contributed by atoms with Gasteiger partial charge in [0.25, 0.3) is 5.91 Å². The van der Waals surface area contributed by atoms with Crippen LogP contribution >= 0.6 is 23.1 Å². The Balaban J connectivity index is 1.89. The van der Waals surface area contributed by atoms with E-state index in [1.165, 1.54) is 11.3 Å². The zero-order valence-corrected chi connectivity index (χ0v) is 16.7. The number of anilines is 1. The molecule has 1 aliphatic heterocycles. The number of esters is 1.